The molecule has 2 aromatic rings. The van der Waals surface area contributed by atoms with E-state index in [-0.39, 0.29) is 11.9 Å². The standard InChI is InChI=1S/C19H16ClN3O/c1-14(15-7-3-2-4-8-15)22-11-12-23(18(20)19(22)24)17-10-6-5-9-16(17)13-21/h2-12,14,18H,1H3. The van der Waals surface area contributed by atoms with E-state index in [1.165, 1.54) is 0 Å². The van der Waals surface area contributed by atoms with Gasteiger partial charge in [0.15, 0.2) is 5.50 Å². The molecule has 24 heavy (non-hydrogen) atoms. The molecule has 0 saturated carbocycles. The molecule has 0 fully saturated rings. The highest BCUT2D eigenvalue weighted by molar-refractivity contribution is 6.32. The number of rotatable bonds is 3. The Labute approximate surface area is 146 Å². The molecule has 120 valence electrons. The molecular formula is C19H16ClN3O. The monoisotopic (exact) mass is 337 g/mol. The number of nitriles is 1. The highest BCUT2D eigenvalue weighted by atomic mass is 35.5. The van der Waals surface area contributed by atoms with Crippen LogP contribution >= 0.6 is 11.6 Å². The van der Waals surface area contributed by atoms with Gasteiger partial charge in [-0.3, -0.25) is 4.79 Å². The zero-order valence-corrected chi connectivity index (χ0v) is 13.9. The van der Waals surface area contributed by atoms with Crippen LogP contribution in [0.5, 0.6) is 0 Å². The zero-order valence-electron chi connectivity index (χ0n) is 13.1. The molecule has 2 aromatic carbocycles. The smallest absolute Gasteiger partial charge is 0.265 e. The fourth-order valence-corrected chi connectivity index (χ4v) is 3.03. The van der Waals surface area contributed by atoms with Crippen molar-refractivity contribution >= 4 is 23.2 Å². The van der Waals surface area contributed by atoms with E-state index in [9.17, 15) is 10.1 Å². The number of alkyl halides is 1. The van der Waals surface area contributed by atoms with Crippen LogP contribution in [0.1, 0.15) is 24.1 Å². The number of halogens is 1. The second-order valence-electron chi connectivity index (χ2n) is 5.50. The van der Waals surface area contributed by atoms with E-state index < -0.39 is 5.50 Å². The molecule has 3 rings (SSSR count). The van der Waals surface area contributed by atoms with Gasteiger partial charge >= 0.3 is 0 Å². The van der Waals surface area contributed by atoms with Gasteiger partial charge in [-0.15, -0.1) is 0 Å². The largest absolute Gasteiger partial charge is 0.320 e. The van der Waals surface area contributed by atoms with Gasteiger partial charge in [-0.25, -0.2) is 0 Å². The third-order valence-electron chi connectivity index (χ3n) is 4.09. The van der Waals surface area contributed by atoms with Gasteiger partial charge in [0.05, 0.1) is 17.3 Å². The summed E-state index contributed by atoms with van der Waals surface area (Å²) in [6, 6.07) is 18.9. The summed E-state index contributed by atoms with van der Waals surface area (Å²) in [5.41, 5.74) is 1.24. The molecular weight excluding hydrogens is 322 g/mol. The molecule has 1 aliphatic rings. The van der Waals surface area contributed by atoms with Crippen LogP contribution in [-0.4, -0.2) is 16.3 Å². The first-order valence-electron chi connectivity index (χ1n) is 7.60. The fraction of sp³-hybridized carbons (Fsp3) is 0.158. The van der Waals surface area contributed by atoms with Crippen molar-refractivity contribution in [1.82, 2.24) is 4.90 Å². The molecule has 4 nitrogen and oxygen atoms in total. The molecule has 0 radical (unpaired) electrons. The van der Waals surface area contributed by atoms with Gasteiger partial charge in [0.1, 0.15) is 6.07 Å². The predicted molar refractivity (Wildman–Crippen MR) is 94.1 cm³/mol. The highest BCUT2D eigenvalue weighted by Crippen LogP contribution is 2.31. The number of anilines is 1. The van der Waals surface area contributed by atoms with Crippen LogP contribution in [0.15, 0.2) is 67.0 Å². The summed E-state index contributed by atoms with van der Waals surface area (Å²) >= 11 is 6.40. The van der Waals surface area contributed by atoms with Gasteiger partial charge in [-0.1, -0.05) is 54.1 Å². The Kier molecular flexibility index (Phi) is 4.54. The summed E-state index contributed by atoms with van der Waals surface area (Å²) in [5.74, 6) is -0.219. The van der Waals surface area contributed by atoms with Gasteiger partial charge in [0.2, 0.25) is 0 Å². The second kappa shape index (κ2) is 6.77. The van der Waals surface area contributed by atoms with Crippen LogP contribution in [0.25, 0.3) is 0 Å². The Morgan fingerprint density at radius 3 is 2.46 bits per heavy atom. The summed E-state index contributed by atoms with van der Waals surface area (Å²) in [4.78, 5) is 16.0. The Morgan fingerprint density at radius 2 is 1.75 bits per heavy atom. The number of hydrogen-bond acceptors (Lipinski definition) is 3. The summed E-state index contributed by atoms with van der Waals surface area (Å²) in [6.07, 6.45) is 3.46. The molecule has 1 heterocycles. The molecule has 2 atom stereocenters. The maximum Gasteiger partial charge on any atom is 0.265 e. The first kappa shape index (κ1) is 16.1. The van der Waals surface area contributed by atoms with E-state index in [4.69, 9.17) is 11.6 Å². The Hall–Kier alpha value is -2.77. The van der Waals surface area contributed by atoms with Crippen molar-refractivity contribution < 1.29 is 4.79 Å². The van der Waals surface area contributed by atoms with Crippen molar-refractivity contribution in [2.75, 3.05) is 4.90 Å². The minimum atomic E-state index is -0.893. The predicted octanol–water partition coefficient (Wildman–Crippen LogP) is 4.00. The SMILES string of the molecule is CC(c1ccccc1)N1C=CN(c2ccccc2C#N)C(Cl)C1=O. The van der Waals surface area contributed by atoms with Crippen molar-refractivity contribution in [2.24, 2.45) is 0 Å². The average molecular weight is 338 g/mol. The fourth-order valence-electron chi connectivity index (χ4n) is 2.74. The summed E-state index contributed by atoms with van der Waals surface area (Å²) in [5, 5.41) is 9.25. The van der Waals surface area contributed by atoms with Gasteiger partial charge in [-0.05, 0) is 24.6 Å². The van der Waals surface area contributed by atoms with E-state index in [0.29, 0.717) is 11.3 Å². The minimum absolute atomic E-state index is 0.121. The van der Waals surface area contributed by atoms with Crippen molar-refractivity contribution in [3.05, 3.63) is 78.1 Å². The van der Waals surface area contributed by atoms with Gasteiger partial charge in [-0.2, -0.15) is 5.26 Å². The van der Waals surface area contributed by atoms with Gasteiger partial charge in [0.25, 0.3) is 5.91 Å². The quantitative estimate of drug-likeness (QED) is 0.628. The number of hydrogen-bond donors (Lipinski definition) is 0. The van der Waals surface area contributed by atoms with Crippen molar-refractivity contribution in [3.8, 4) is 6.07 Å². The van der Waals surface area contributed by atoms with E-state index in [0.717, 1.165) is 5.56 Å². The van der Waals surface area contributed by atoms with Crippen LogP contribution in [0.3, 0.4) is 0 Å². The summed E-state index contributed by atoms with van der Waals surface area (Å²) in [7, 11) is 0. The minimum Gasteiger partial charge on any atom is -0.320 e. The average Bonchev–Trinajstić information content (AvgIpc) is 2.64. The number of nitrogens with zero attached hydrogens (tertiary/aromatic N) is 3. The molecule has 5 heteroatoms. The number of amides is 1. The summed E-state index contributed by atoms with van der Waals surface area (Å²) in [6.45, 7) is 1.96. The maximum absolute atomic E-state index is 12.7. The van der Waals surface area contributed by atoms with E-state index in [2.05, 4.69) is 6.07 Å². The van der Waals surface area contributed by atoms with Crippen molar-refractivity contribution in [2.45, 2.75) is 18.5 Å². The van der Waals surface area contributed by atoms with Gasteiger partial charge in [0, 0.05) is 12.4 Å². The normalized spacial score (nSPS) is 18.4. The lowest BCUT2D eigenvalue weighted by Crippen LogP contribution is -2.46. The van der Waals surface area contributed by atoms with Crippen LogP contribution in [0.4, 0.5) is 5.69 Å². The van der Waals surface area contributed by atoms with Gasteiger partial charge < -0.3 is 9.80 Å². The van der Waals surface area contributed by atoms with Crippen LogP contribution in [0, 0.1) is 11.3 Å². The Morgan fingerprint density at radius 1 is 1.08 bits per heavy atom. The molecule has 0 saturated heterocycles. The van der Waals surface area contributed by atoms with E-state index >= 15 is 0 Å². The highest BCUT2D eigenvalue weighted by Gasteiger charge is 2.33. The molecule has 0 N–H and O–H groups in total. The molecule has 1 aliphatic heterocycles. The van der Waals surface area contributed by atoms with Crippen LogP contribution < -0.4 is 4.90 Å². The topological polar surface area (TPSA) is 47.3 Å². The summed E-state index contributed by atoms with van der Waals surface area (Å²) < 4.78 is 0. The third-order valence-corrected chi connectivity index (χ3v) is 4.49. The van der Waals surface area contributed by atoms with Crippen LogP contribution in [-0.2, 0) is 4.79 Å². The molecule has 0 aromatic heterocycles. The molecule has 1 amide bonds. The van der Waals surface area contributed by atoms with Crippen molar-refractivity contribution in [1.29, 1.82) is 5.26 Å². The Balaban J connectivity index is 1.92. The zero-order chi connectivity index (χ0) is 17.1. The lowest BCUT2D eigenvalue weighted by molar-refractivity contribution is -0.130. The maximum atomic E-state index is 12.7. The lowest BCUT2D eigenvalue weighted by atomic mass is 10.1. The number of carbonyl (C=O) groups excluding carboxylic acids is 1. The lowest BCUT2D eigenvalue weighted by Gasteiger charge is -2.37. The van der Waals surface area contributed by atoms with E-state index in [1.807, 2.05) is 43.3 Å². The third kappa shape index (κ3) is 2.86. The Bertz CT molecular complexity index is 813. The molecule has 0 aliphatic carbocycles. The molecule has 0 bridgehead atoms. The number of carbonyl (C=O) groups is 1. The molecule has 0 spiro atoms. The molecule has 2 unspecified atom stereocenters. The first-order chi connectivity index (χ1) is 11.6. The van der Waals surface area contributed by atoms with Crippen molar-refractivity contribution in [3.63, 3.8) is 0 Å². The second-order valence-corrected chi connectivity index (χ2v) is 5.92. The number of benzene rings is 2. The number of para-hydroxylation sites is 1. The van der Waals surface area contributed by atoms with Crippen LogP contribution in [0.2, 0.25) is 0 Å². The first-order valence-corrected chi connectivity index (χ1v) is 8.04. The van der Waals surface area contributed by atoms with E-state index in [1.54, 1.807) is 40.4 Å².